The molecule has 1 saturated heterocycles. The third-order valence-electron chi connectivity index (χ3n) is 4.93. The molecule has 1 aliphatic heterocycles. The average molecular weight is 388 g/mol. The maximum absolute atomic E-state index is 13.3. The predicted octanol–water partition coefficient (Wildman–Crippen LogP) is 3.32. The minimum absolute atomic E-state index is 0.187. The second-order valence-electron chi connectivity index (χ2n) is 6.83. The van der Waals surface area contributed by atoms with E-state index < -0.39 is 11.6 Å². The molecule has 27 heavy (non-hydrogen) atoms. The van der Waals surface area contributed by atoms with E-state index in [1.54, 1.807) is 11.3 Å². The number of aromatic nitrogens is 1. The molecule has 0 bridgehead atoms. The van der Waals surface area contributed by atoms with Gasteiger partial charge < -0.3 is 10.2 Å². The summed E-state index contributed by atoms with van der Waals surface area (Å²) in [7, 11) is 0. The van der Waals surface area contributed by atoms with Crippen molar-refractivity contribution in [2.24, 2.45) is 0 Å². The van der Waals surface area contributed by atoms with Gasteiger partial charge in [0, 0.05) is 18.2 Å². The van der Waals surface area contributed by atoms with Gasteiger partial charge in [-0.3, -0.25) is 4.79 Å². The first-order valence-corrected chi connectivity index (χ1v) is 9.87. The molecule has 0 spiro atoms. The number of carbonyl (C=O) groups is 1. The van der Waals surface area contributed by atoms with E-state index in [-0.39, 0.29) is 24.2 Å². The number of hydrogen-bond donors (Lipinski definition) is 2. The Morgan fingerprint density at radius 1 is 1.19 bits per heavy atom. The average Bonchev–Trinajstić information content (AvgIpc) is 3.09. The fraction of sp³-hybridized carbons (Fsp3) is 0.300. The zero-order chi connectivity index (χ0) is 18.8. The highest BCUT2D eigenvalue weighted by Crippen LogP contribution is 2.28. The molecular formula is C20H20F2N3OS+. The van der Waals surface area contributed by atoms with Gasteiger partial charge in [0.2, 0.25) is 0 Å². The van der Waals surface area contributed by atoms with Gasteiger partial charge in [0.1, 0.15) is 6.04 Å². The number of nitrogens with zero attached hydrogens (tertiary/aromatic N) is 1. The van der Waals surface area contributed by atoms with Crippen LogP contribution in [0.5, 0.6) is 0 Å². The quantitative estimate of drug-likeness (QED) is 0.720. The van der Waals surface area contributed by atoms with E-state index in [1.807, 2.05) is 18.2 Å². The number of nitrogens with one attached hydrogen (secondary N) is 2. The van der Waals surface area contributed by atoms with Crippen molar-refractivity contribution in [2.75, 3.05) is 18.4 Å². The van der Waals surface area contributed by atoms with Crippen LogP contribution in [-0.4, -0.2) is 24.0 Å². The van der Waals surface area contributed by atoms with Crippen LogP contribution in [0, 0.1) is 11.6 Å². The Balaban J connectivity index is 1.48. The molecule has 140 valence electrons. The summed E-state index contributed by atoms with van der Waals surface area (Å²) >= 11 is 1.69. The van der Waals surface area contributed by atoms with Gasteiger partial charge in [-0.25, -0.2) is 13.8 Å². The lowest BCUT2D eigenvalue weighted by Gasteiger charge is -2.30. The van der Waals surface area contributed by atoms with Crippen LogP contribution in [0.25, 0.3) is 10.2 Å². The van der Waals surface area contributed by atoms with Crippen molar-refractivity contribution >= 4 is 33.1 Å². The summed E-state index contributed by atoms with van der Waals surface area (Å²) in [5.41, 5.74) is 1.26. The van der Waals surface area contributed by atoms with E-state index in [0.29, 0.717) is 0 Å². The van der Waals surface area contributed by atoms with Gasteiger partial charge in [0.05, 0.1) is 16.8 Å². The zero-order valence-electron chi connectivity index (χ0n) is 14.7. The van der Waals surface area contributed by atoms with Crippen molar-refractivity contribution in [3.63, 3.8) is 0 Å². The summed E-state index contributed by atoms with van der Waals surface area (Å²) in [5, 5.41) is 3.73. The van der Waals surface area contributed by atoms with Crippen molar-refractivity contribution in [1.82, 2.24) is 4.98 Å². The minimum atomic E-state index is -0.967. The Bertz CT molecular complexity index is 942. The first-order valence-electron chi connectivity index (χ1n) is 9.05. The van der Waals surface area contributed by atoms with Crippen LogP contribution in [0.15, 0.2) is 42.5 Å². The molecule has 0 radical (unpaired) electrons. The molecule has 0 aliphatic carbocycles. The Morgan fingerprint density at radius 3 is 2.85 bits per heavy atom. The largest absolute Gasteiger partial charge is 0.321 e. The molecule has 4 nitrogen and oxygen atoms in total. The lowest BCUT2D eigenvalue weighted by atomic mass is 10.0. The third kappa shape index (κ3) is 3.99. The summed E-state index contributed by atoms with van der Waals surface area (Å²) in [5.74, 6) is -2.10. The SMILES string of the molecule is O=C(C[NH+]1CCCC[C@@H]1c1nc2ccccc2s1)Nc1ccc(F)c(F)c1. The van der Waals surface area contributed by atoms with Gasteiger partial charge in [-0.2, -0.15) is 0 Å². The number of para-hydroxylation sites is 1. The number of amides is 1. The molecule has 2 aromatic carbocycles. The first-order chi connectivity index (χ1) is 13.1. The Kier molecular flexibility index (Phi) is 5.13. The maximum Gasteiger partial charge on any atom is 0.279 e. The van der Waals surface area contributed by atoms with E-state index in [0.717, 1.165) is 53.2 Å². The topological polar surface area (TPSA) is 46.4 Å². The number of anilines is 1. The molecule has 1 aliphatic rings. The van der Waals surface area contributed by atoms with E-state index in [2.05, 4.69) is 11.4 Å². The second-order valence-corrected chi connectivity index (χ2v) is 7.89. The Morgan fingerprint density at radius 2 is 2.04 bits per heavy atom. The minimum Gasteiger partial charge on any atom is -0.321 e. The molecule has 4 rings (SSSR count). The van der Waals surface area contributed by atoms with Crippen molar-refractivity contribution in [3.05, 3.63) is 59.1 Å². The number of thiazole rings is 1. The summed E-state index contributed by atoms with van der Waals surface area (Å²) in [6.07, 6.45) is 3.18. The van der Waals surface area contributed by atoms with Crippen LogP contribution in [-0.2, 0) is 4.79 Å². The molecule has 2 N–H and O–H groups in total. The van der Waals surface area contributed by atoms with E-state index in [9.17, 15) is 13.6 Å². The monoisotopic (exact) mass is 388 g/mol. The summed E-state index contributed by atoms with van der Waals surface area (Å²) in [4.78, 5) is 18.4. The van der Waals surface area contributed by atoms with Crippen molar-refractivity contribution in [2.45, 2.75) is 25.3 Å². The number of piperidine rings is 1. The molecular weight excluding hydrogens is 368 g/mol. The number of hydrogen-bond acceptors (Lipinski definition) is 3. The molecule has 2 heterocycles. The molecule has 1 fully saturated rings. The highest BCUT2D eigenvalue weighted by atomic mass is 32.1. The first kappa shape index (κ1) is 18.0. The van der Waals surface area contributed by atoms with Gasteiger partial charge in [0.15, 0.2) is 23.2 Å². The van der Waals surface area contributed by atoms with Gasteiger partial charge >= 0.3 is 0 Å². The molecule has 1 aromatic heterocycles. The lowest BCUT2D eigenvalue weighted by molar-refractivity contribution is -0.929. The van der Waals surface area contributed by atoms with Crippen LogP contribution in [0.4, 0.5) is 14.5 Å². The highest BCUT2D eigenvalue weighted by Gasteiger charge is 2.31. The number of halogens is 2. The molecule has 2 atom stereocenters. The molecule has 0 saturated carbocycles. The molecule has 3 aromatic rings. The summed E-state index contributed by atoms with van der Waals surface area (Å²) < 4.78 is 27.5. The Labute approximate surface area is 159 Å². The van der Waals surface area contributed by atoms with Crippen LogP contribution < -0.4 is 10.2 Å². The van der Waals surface area contributed by atoms with Gasteiger partial charge in [-0.05, 0) is 37.1 Å². The van der Waals surface area contributed by atoms with Crippen LogP contribution in [0.2, 0.25) is 0 Å². The second kappa shape index (κ2) is 7.70. The zero-order valence-corrected chi connectivity index (χ0v) is 15.5. The molecule has 1 amide bonds. The third-order valence-corrected chi connectivity index (χ3v) is 6.08. The van der Waals surface area contributed by atoms with Crippen LogP contribution in [0.1, 0.15) is 30.3 Å². The van der Waals surface area contributed by atoms with E-state index in [1.165, 1.54) is 11.0 Å². The maximum atomic E-state index is 13.3. The van der Waals surface area contributed by atoms with E-state index >= 15 is 0 Å². The fourth-order valence-electron chi connectivity index (χ4n) is 3.61. The van der Waals surface area contributed by atoms with Crippen molar-refractivity contribution in [3.8, 4) is 0 Å². The number of fused-ring (bicyclic) bond motifs is 1. The summed E-state index contributed by atoms with van der Waals surface area (Å²) in [6.45, 7) is 1.17. The number of carbonyl (C=O) groups excluding carboxylic acids is 1. The number of benzene rings is 2. The van der Waals surface area contributed by atoms with Gasteiger partial charge in [-0.1, -0.05) is 12.1 Å². The van der Waals surface area contributed by atoms with Crippen molar-refractivity contribution in [1.29, 1.82) is 0 Å². The lowest BCUT2D eigenvalue weighted by Crippen LogP contribution is -3.14. The van der Waals surface area contributed by atoms with E-state index in [4.69, 9.17) is 4.98 Å². The predicted molar refractivity (Wildman–Crippen MR) is 102 cm³/mol. The van der Waals surface area contributed by atoms with Crippen molar-refractivity contribution < 1.29 is 18.5 Å². The normalized spacial score (nSPS) is 19.9. The Hall–Kier alpha value is -2.38. The fourth-order valence-corrected chi connectivity index (χ4v) is 4.77. The number of rotatable bonds is 4. The molecule has 7 heteroatoms. The molecule has 1 unspecified atom stereocenters. The number of quaternary nitrogens is 1. The van der Waals surface area contributed by atoms with Gasteiger partial charge in [0.25, 0.3) is 5.91 Å². The van der Waals surface area contributed by atoms with Gasteiger partial charge in [-0.15, -0.1) is 11.3 Å². The highest BCUT2D eigenvalue weighted by molar-refractivity contribution is 7.18. The van der Waals surface area contributed by atoms with Crippen LogP contribution in [0.3, 0.4) is 0 Å². The number of likely N-dealkylation sites (tertiary alicyclic amines) is 1. The van der Waals surface area contributed by atoms with Crippen LogP contribution >= 0.6 is 11.3 Å². The summed E-state index contributed by atoms with van der Waals surface area (Å²) in [6, 6.07) is 11.6. The standard InChI is InChI=1S/C20H19F2N3OS/c21-14-9-8-13(11-15(14)22)23-19(26)12-25-10-4-3-6-17(25)20-24-16-5-1-2-7-18(16)27-20/h1-2,5,7-9,11,17H,3-4,6,10,12H2,(H,23,26)/p+1/t17-/m1/s1. The smallest absolute Gasteiger partial charge is 0.279 e.